The van der Waals surface area contributed by atoms with Crippen molar-refractivity contribution in [3.05, 3.63) is 60.7 Å². The van der Waals surface area contributed by atoms with Crippen LogP contribution in [0.5, 0.6) is 0 Å². The zero-order valence-electron chi connectivity index (χ0n) is 15.6. The van der Waals surface area contributed by atoms with E-state index >= 15 is 0 Å². The van der Waals surface area contributed by atoms with Gasteiger partial charge >= 0.3 is 0 Å². The first-order valence-electron chi connectivity index (χ1n) is 8.46. The van der Waals surface area contributed by atoms with Crippen molar-refractivity contribution in [3.63, 3.8) is 0 Å². The van der Waals surface area contributed by atoms with Crippen molar-refractivity contribution in [1.82, 2.24) is 9.88 Å². The molecule has 140 valence electrons. The van der Waals surface area contributed by atoms with Gasteiger partial charge in [-0.05, 0) is 50.3 Å². The second-order valence-electron chi connectivity index (χ2n) is 6.49. The van der Waals surface area contributed by atoms with Crippen LogP contribution in [0.4, 0.5) is 5.82 Å². The molecule has 0 bridgehead atoms. The fraction of sp³-hybridized carbons (Fsp3) is 0.286. The Kier molecular flexibility index (Phi) is 8.52. The lowest BCUT2D eigenvalue weighted by Crippen LogP contribution is -2.24. The molecule has 1 heterocycles. The minimum Gasteiger partial charge on any atom is -0.412 e. The maximum absolute atomic E-state index is 4.87. The number of pyridine rings is 1. The number of halogens is 1. The largest absolute Gasteiger partial charge is 0.412 e. The zero-order valence-corrected chi connectivity index (χ0v) is 16.5. The van der Waals surface area contributed by atoms with Crippen molar-refractivity contribution < 1.29 is 5.48 Å². The number of hydrogen-bond acceptors (Lipinski definition) is 3. The number of para-hydroxylation sites is 1. The molecule has 0 radical (unpaired) electrons. The summed E-state index contributed by atoms with van der Waals surface area (Å²) in [7, 11) is 6.35. The lowest BCUT2D eigenvalue weighted by Gasteiger charge is -2.21. The van der Waals surface area contributed by atoms with Crippen molar-refractivity contribution in [2.24, 2.45) is 0 Å². The third kappa shape index (κ3) is 5.18. The minimum absolute atomic E-state index is 0. The van der Waals surface area contributed by atoms with Gasteiger partial charge in [0.15, 0.2) is 0 Å². The van der Waals surface area contributed by atoms with E-state index < -0.39 is 0 Å². The maximum atomic E-state index is 4.87. The molecule has 26 heavy (non-hydrogen) atoms. The summed E-state index contributed by atoms with van der Waals surface area (Å²) >= 11 is 0. The first-order valence-corrected chi connectivity index (χ1v) is 8.46. The molecule has 0 amide bonds. The molecule has 0 fully saturated rings. The highest BCUT2D eigenvalue weighted by molar-refractivity contribution is 5.96. The molecule has 0 aliphatic rings. The third-order valence-electron chi connectivity index (χ3n) is 4.28. The van der Waals surface area contributed by atoms with Crippen LogP contribution in [0.15, 0.2) is 60.7 Å². The molecule has 1 aromatic heterocycles. The van der Waals surface area contributed by atoms with Crippen LogP contribution in [0.3, 0.4) is 0 Å². The average Bonchev–Trinajstić information content (AvgIpc) is 2.61. The third-order valence-corrected chi connectivity index (χ3v) is 4.28. The van der Waals surface area contributed by atoms with Crippen LogP contribution in [-0.4, -0.2) is 49.6 Å². The van der Waals surface area contributed by atoms with Crippen LogP contribution in [0.1, 0.15) is 6.42 Å². The van der Waals surface area contributed by atoms with E-state index in [1.807, 2.05) is 0 Å². The first kappa shape index (κ1) is 21.9. The minimum atomic E-state index is 0. The summed E-state index contributed by atoms with van der Waals surface area (Å²) in [5.41, 5.74) is 3.53. The SMILES string of the molecule is CN(C)CCCN(C)c1cc(-c2ccccc2)c2ccccc2n1.Cl.O. The van der Waals surface area contributed by atoms with Gasteiger partial charge in [0.1, 0.15) is 5.82 Å². The topological polar surface area (TPSA) is 50.9 Å². The van der Waals surface area contributed by atoms with Crippen LogP contribution in [-0.2, 0) is 0 Å². The van der Waals surface area contributed by atoms with Gasteiger partial charge in [0.2, 0.25) is 0 Å². The normalized spacial score (nSPS) is 10.3. The van der Waals surface area contributed by atoms with E-state index in [2.05, 4.69) is 91.6 Å². The highest BCUT2D eigenvalue weighted by Crippen LogP contribution is 2.30. The summed E-state index contributed by atoms with van der Waals surface area (Å²) in [6.07, 6.45) is 1.12. The standard InChI is InChI=1S/C21H25N3.ClH.H2O/c1-23(2)14-9-15-24(3)21-16-19(17-10-5-4-6-11-17)18-12-7-8-13-20(18)22-21;;/h4-8,10-13,16H,9,14-15H2,1-3H3;1H;1H2. The molecule has 0 spiro atoms. The molecular weight excluding hydrogens is 346 g/mol. The number of rotatable bonds is 6. The van der Waals surface area contributed by atoms with Gasteiger partial charge in [-0.2, -0.15) is 0 Å². The van der Waals surface area contributed by atoms with Gasteiger partial charge in [-0.25, -0.2) is 4.98 Å². The molecule has 4 nitrogen and oxygen atoms in total. The summed E-state index contributed by atoms with van der Waals surface area (Å²) in [4.78, 5) is 9.34. The maximum Gasteiger partial charge on any atom is 0.129 e. The molecule has 3 aromatic rings. The highest BCUT2D eigenvalue weighted by Gasteiger charge is 2.10. The number of fused-ring (bicyclic) bond motifs is 1. The number of anilines is 1. The van der Waals surface area contributed by atoms with E-state index in [-0.39, 0.29) is 17.9 Å². The van der Waals surface area contributed by atoms with Gasteiger partial charge in [0.25, 0.3) is 0 Å². The molecule has 0 atom stereocenters. The number of benzene rings is 2. The Labute approximate surface area is 162 Å². The fourth-order valence-electron chi connectivity index (χ4n) is 2.95. The Bertz CT molecular complexity index is 809. The number of aromatic nitrogens is 1. The highest BCUT2D eigenvalue weighted by atomic mass is 35.5. The second-order valence-corrected chi connectivity index (χ2v) is 6.49. The van der Waals surface area contributed by atoms with Crippen molar-refractivity contribution in [2.75, 3.05) is 39.1 Å². The van der Waals surface area contributed by atoms with E-state index in [0.717, 1.165) is 30.8 Å². The fourth-order valence-corrected chi connectivity index (χ4v) is 2.95. The number of hydrogen-bond donors (Lipinski definition) is 0. The summed E-state index contributed by atoms with van der Waals surface area (Å²) in [6, 6.07) is 21.2. The molecule has 0 saturated carbocycles. The van der Waals surface area contributed by atoms with Crippen molar-refractivity contribution >= 4 is 29.1 Å². The van der Waals surface area contributed by atoms with Gasteiger partial charge in [0.05, 0.1) is 5.52 Å². The van der Waals surface area contributed by atoms with E-state index in [1.54, 1.807) is 0 Å². The van der Waals surface area contributed by atoms with Crippen molar-refractivity contribution in [2.45, 2.75) is 6.42 Å². The summed E-state index contributed by atoms with van der Waals surface area (Å²) in [5, 5.41) is 1.20. The summed E-state index contributed by atoms with van der Waals surface area (Å²) in [6.45, 7) is 2.08. The van der Waals surface area contributed by atoms with E-state index in [1.165, 1.54) is 16.5 Å². The average molecular weight is 374 g/mol. The monoisotopic (exact) mass is 373 g/mol. The molecule has 0 saturated heterocycles. The summed E-state index contributed by atoms with van der Waals surface area (Å²) < 4.78 is 0. The van der Waals surface area contributed by atoms with E-state index in [4.69, 9.17) is 4.98 Å². The summed E-state index contributed by atoms with van der Waals surface area (Å²) in [5.74, 6) is 1.03. The van der Waals surface area contributed by atoms with Crippen LogP contribution < -0.4 is 4.90 Å². The lowest BCUT2D eigenvalue weighted by molar-refractivity contribution is 0.401. The Morgan fingerprint density at radius 3 is 2.19 bits per heavy atom. The van der Waals surface area contributed by atoms with Gasteiger partial charge in [-0.15, -0.1) is 12.4 Å². The Balaban J connectivity index is 0.00000169. The quantitative estimate of drug-likeness (QED) is 0.658. The first-order chi connectivity index (χ1) is 11.6. The van der Waals surface area contributed by atoms with Crippen LogP contribution in [0.25, 0.3) is 22.0 Å². The number of nitrogens with zero attached hydrogens (tertiary/aromatic N) is 3. The van der Waals surface area contributed by atoms with Crippen LogP contribution >= 0.6 is 12.4 Å². The van der Waals surface area contributed by atoms with Crippen LogP contribution in [0.2, 0.25) is 0 Å². The predicted molar refractivity (Wildman–Crippen MR) is 114 cm³/mol. The molecule has 0 unspecified atom stereocenters. The van der Waals surface area contributed by atoms with E-state index in [0.29, 0.717) is 0 Å². The molecule has 5 heteroatoms. The molecule has 2 aromatic carbocycles. The van der Waals surface area contributed by atoms with E-state index in [9.17, 15) is 0 Å². The van der Waals surface area contributed by atoms with Crippen molar-refractivity contribution in [3.8, 4) is 11.1 Å². The Morgan fingerprint density at radius 2 is 1.50 bits per heavy atom. The van der Waals surface area contributed by atoms with Gasteiger partial charge < -0.3 is 15.3 Å². The molecular formula is C21H28ClN3O. The van der Waals surface area contributed by atoms with Crippen LogP contribution in [0, 0.1) is 0 Å². The molecule has 3 rings (SSSR count). The Morgan fingerprint density at radius 1 is 0.846 bits per heavy atom. The smallest absolute Gasteiger partial charge is 0.129 e. The lowest BCUT2D eigenvalue weighted by atomic mass is 10.0. The zero-order chi connectivity index (χ0) is 16.9. The Hall–Kier alpha value is -2.14. The molecule has 0 aliphatic carbocycles. The van der Waals surface area contributed by atoms with Gasteiger partial charge in [-0.1, -0.05) is 48.5 Å². The molecule has 0 aliphatic heterocycles. The van der Waals surface area contributed by atoms with Crippen molar-refractivity contribution in [1.29, 1.82) is 0 Å². The molecule has 2 N–H and O–H groups in total. The predicted octanol–water partition coefficient (Wildman–Crippen LogP) is 3.89. The van der Waals surface area contributed by atoms with Gasteiger partial charge in [-0.3, -0.25) is 0 Å². The van der Waals surface area contributed by atoms with Gasteiger partial charge in [0, 0.05) is 19.0 Å². The second kappa shape index (κ2) is 10.1.